The Labute approximate surface area is 193 Å². The molecule has 1 N–H and O–H groups in total. The van der Waals surface area contributed by atoms with Crippen LogP contribution < -0.4 is 10.9 Å². The number of aryl methyl sites for hydroxylation is 2. The molecule has 1 aromatic heterocycles. The summed E-state index contributed by atoms with van der Waals surface area (Å²) >= 11 is 1.07. The van der Waals surface area contributed by atoms with Crippen LogP contribution in [0.4, 0.5) is 14.5 Å². The number of carbonyl (C=O) groups is 1. The lowest BCUT2D eigenvalue weighted by molar-refractivity contribution is -0.115. The molecule has 5 nitrogen and oxygen atoms in total. The van der Waals surface area contributed by atoms with Gasteiger partial charge in [0.05, 0.1) is 27.5 Å². The third kappa shape index (κ3) is 4.66. The van der Waals surface area contributed by atoms with Crippen LogP contribution in [-0.2, 0) is 4.79 Å². The molecule has 1 unspecified atom stereocenters. The molecule has 0 fully saturated rings. The molecule has 0 radical (unpaired) electrons. The van der Waals surface area contributed by atoms with Crippen LogP contribution in [0.5, 0.6) is 0 Å². The maximum atomic E-state index is 14.0. The van der Waals surface area contributed by atoms with E-state index < -0.39 is 22.8 Å². The average molecular weight is 466 g/mol. The summed E-state index contributed by atoms with van der Waals surface area (Å²) in [7, 11) is 0. The predicted octanol–water partition coefficient (Wildman–Crippen LogP) is 5.40. The highest BCUT2D eigenvalue weighted by Gasteiger charge is 2.22. The van der Waals surface area contributed by atoms with Crippen LogP contribution in [0.3, 0.4) is 0 Å². The number of fused-ring (bicyclic) bond motifs is 1. The van der Waals surface area contributed by atoms with Crippen LogP contribution in [0, 0.1) is 25.5 Å². The minimum Gasteiger partial charge on any atom is -0.323 e. The van der Waals surface area contributed by atoms with Crippen LogP contribution >= 0.6 is 11.8 Å². The first-order valence-corrected chi connectivity index (χ1v) is 11.1. The summed E-state index contributed by atoms with van der Waals surface area (Å²) in [6.45, 7) is 5.44. The maximum absolute atomic E-state index is 14.0. The van der Waals surface area contributed by atoms with E-state index in [1.54, 1.807) is 31.2 Å². The van der Waals surface area contributed by atoms with Gasteiger partial charge in [0.25, 0.3) is 5.56 Å². The summed E-state index contributed by atoms with van der Waals surface area (Å²) in [6, 6.07) is 15.6. The smallest absolute Gasteiger partial charge is 0.266 e. The fourth-order valence-corrected chi connectivity index (χ4v) is 4.32. The summed E-state index contributed by atoms with van der Waals surface area (Å²) in [6.07, 6.45) is 0. The number of thioether (sulfide) groups is 1. The lowest BCUT2D eigenvalue weighted by Crippen LogP contribution is -2.27. The number of rotatable bonds is 5. The van der Waals surface area contributed by atoms with Gasteiger partial charge in [0.15, 0.2) is 5.16 Å². The van der Waals surface area contributed by atoms with Crippen LogP contribution in [0.1, 0.15) is 18.1 Å². The number of carbonyl (C=O) groups excluding carboxylic acids is 1. The average Bonchev–Trinajstić information content (AvgIpc) is 2.78. The van der Waals surface area contributed by atoms with Gasteiger partial charge in [-0.15, -0.1) is 0 Å². The molecule has 4 aromatic rings. The molecular formula is C25H21F2N3O2S. The predicted molar refractivity (Wildman–Crippen MR) is 127 cm³/mol. The molecule has 0 bridgehead atoms. The fraction of sp³-hybridized carbons (Fsp3) is 0.160. The number of nitrogens with zero attached hydrogens (tertiary/aromatic N) is 2. The Morgan fingerprint density at radius 3 is 2.61 bits per heavy atom. The number of halogens is 2. The Morgan fingerprint density at radius 1 is 1.06 bits per heavy atom. The Kier molecular flexibility index (Phi) is 6.29. The third-order valence-electron chi connectivity index (χ3n) is 5.19. The van der Waals surface area contributed by atoms with Crippen molar-refractivity contribution in [2.24, 2.45) is 0 Å². The molecule has 1 amide bonds. The van der Waals surface area contributed by atoms with Gasteiger partial charge in [-0.1, -0.05) is 36.0 Å². The highest BCUT2D eigenvalue weighted by molar-refractivity contribution is 8.00. The van der Waals surface area contributed by atoms with Gasteiger partial charge in [-0.05, 0) is 62.2 Å². The van der Waals surface area contributed by atoms with Gasteiger partial charge in [0.2, 0.25) is 5.91 Å². The first-order valence-electron chi connectivity index (χ1n) is 10.3. The zero-order chi connectivity index (χ0) is 23.7. The zero-order valence-corrected chi connectivity index (χ0v) is 19.0. The van der Waals surface area contributed by atoms with Gasteiger partial charge >= 0.3 is 0 Å². The van der Waals surface area contributed by atoms with Gasteiger partial charge in [-0.3, -0.25) is 14.2 Å². The molecule has 0 aliphatic heterocycles. The van der Waals surface area contributed by atoms with Crippen LogP contribution in [0.15, 0.2) is 70.6 Å². The normalized spacial score (nSPS) is 12.0. The highest BCUT2D eigenvalue weighted by Crippen LogP contribution is 2.28. The molecule has 0 aliphatic rings. The van der Waals surface area contributed by atoms with Gasteiger partial charge in [0.1, 0.15) is 11.6 Å². The number of hydrogen-bond acceptors (Lipinski definition) is 4. The topological polar surface area (TPSA) is 64.0 Å². The Morgan fingerprint density at radius 2 is 1.82 bits per heavy atom. The monoisotopic (exact) mass is 465 g/mol. The molecule has 0 spiro atoms. The second-order valence-corrected chi connectivity index (χ2v) is 9.02. The van der Waals surface area contributed by atoms with Crippen molar-refractivity contribution in [3.63, 3.8) is 0 Å². The van der Waals surface area contributed by atoms with E-state index in [1.165, 1.54) is 4.57 Å². The summed E-state index contributed by atoms with van der Waals surface area (Å²) in [5.74, 6) is -1.94. The first kappa shape index (κ1) is 22.7. The van der Waals surface area contributed by atoms with E-state index in [2.05, 4.69) is 10.3 Å². The van der Waals surface area contributed by atoms with Crippen molar-refractivity contribution >= 4 is 34.3 Å². The summed E-state index contributed by atoms with van der Waals surface area (Å²) in [5.41, 5.74) is 2.53. The van der Waals surface area contributed by atoms with E-state index in [-0.39, 0.29) is 11.2 Å². The van der Waals surface area contributed by atoms with E-state index in [0.717, 1.165) is 41.1 Å². The van der Waals surface area contributed by atoms with Crippen molar-refractivity contribution in [1.29, 1.82) is 0 Å². The number of aromatic nitrogens is 2. The number of anilines is 1. The molecule has 0 saturated heterocycles. The van der Waals surface area contributed by atoms with Crippen molar-refractivity contribution in [1.82, 2.24) is 9.55 Å². The lowest BCUT2D eigenvalue weighted by atomic mass is 10.1. The number of para-hydroxylation sites is 1. The highest BCUT2D eigenvalue weighted by atomic mass is 32.2. The van der Waals surface area contributed by atoms with Crippen LogP contribution in [0.2, 0.25) is 0 Å². The van der Waals surface area contributed by atoms with Crippen molar-refractivity contribution in [2.75, 3.05) is 5.32 Å². The maximum Gasteiger partial charge on any atom is 0.266 e. The quantitative estimate of drug-likeness (QED) is 0.317. The minimum absolute atomic E-state index is 0.245. The molecule has 3 aromatic carbocycles. The second kappa shape index (κ2) is 9.15. The molecule has 1 atom stereocenters. The van der Waals surface area contributed by atoms with Gasteiger partial charge in [-0.2, -0.15) is 0 Å². The SMILES string of the molecule is Cc1ccc(C)c(-n2c(SC(C)C(=O)Nc3cc(F)ccc3F)nc3ccccc3c2=O)c1. The van der Waals surface area contributed by atoms with Crippen LogP contribution in [0.25, 0.3) is 16.6 Å². The van der Waals surface area contributed by atoms with Crippen LogP contribution in [-0.4, -0.2) is 20.7 Å². The van der Waals surface area contributed by atoms with Gasteiger partial charge < -0.3 is 5.32 Å². The van der Waals surface area contributed by atoms with E-state index >= 15 is 0 Å². The first-order chi connectivity index (χ1) is 15.7. The molecule has 33 heavy (non-hydrogen) atoms. The van der Waals surface area contributed by atoms with Gasteiger partial charge in [0, 0.05) is 6.07 Å². The molecule has 1 heterocycles. The molecule has 0 saturated carbocycles. The van der Waals surface area contributed by atoms with E-state index in [0.29, 0.717) is 21.7 Å². The largest absolute Gasteiger partial charge is 0.323 e. The second-order valence-electron chi connectivity index (χ2n) is 7.72. The standard InChI is InChI=1S/C25H21F2N3O2S/c1-14-8-9-15(2)22(12-14)30-24(32)18-6-4-5-7-20(18)29-25(30)33-16(3)23(31)28-21-13-17(26)10-11-19(21)27/h4-13,16H,1-3H3,(H,28,31). The fourth-order valence-electron chi connectivity index (χ4n) is 3.40. The lowest BCUT2D eigenvalue weighted by Gasteiger charge is -2.18. The molecule has 8 heteroatoms. The molecule has 4 rings (SSSR count). The zero-order valence-electron chi connectivity index (χ0n) is 18.2. The van der Waals surface area contributed by atoms with E-state index in [4.69, 9.17) is 0 Å². The van der Waals surface area contributed by atoms with Crippen molar-refractivity contribution in [3.05, 3.63) is 93.8 Å². The summed E-state index contributed by atoms with van der Waals surface area (Å²) in [4.78, 5) is 30.9. The van der Waals surface area contributed by atoms with Gasteiger partial charge in [-0.25, -0.2) is 13.8 Å². The van der Waals surface area contributed by atoms with E-state index in [9.17, 15) is 18.4 Å². The van der Waals surface area contributed by atoms with Crippen molar-refractivity contribution in [2.45, 2.75) is 31.2 Å². The number of hydrogen-bond donors (Lipinski definition) is 1. The number of benzene rings is 3. The molecule has 0 aliphatic carbocycles. The summed E-state index contributed by atoms with van der Waals surface area (Å²) < 4.78 is 28.9. The summed E-state index contributed by atoms with van der Waals surface area (Å²) in [5, 5.41) is 2.45. The Bertz CT molecular complexity index is 1440. The molecule has 168 valence electrons. The van der Waals surface area contributed by atoms with Crippen molar-refractivity contribution in [3.8, 4) is 5.69 Å². The van der Waals surface area contributed by atoms with Crippen molar-refractivity contribution < 1.29 is 13.6 Å². The van der Waals surface area contributed by atoms with E-state index in [1.807, 2.05) is 32.0 Å². The Hall–Kier alpha value is -3.52. The third-order valence-corrected chi connectivity index (χ3v) is 6.24. The number of amides is 1. The minimum atomic E-state index is -0.753. The Balaban J connectivity index is 1.76. The molecular weight excluding hydrogens is 444 g/mol. The number of nitrogens with one attached hydrogen (secondary N) is 1.